The molecular weight excluding hydrogens is 340 g/mol. The molecule has 1 aromatic rings. The van der Waals surface area contributed by atoms with E-state index in [-0.39, 0.29) is 29.9 Å². The van der Waals surface area contributed by atoms with Gasteiger partial charge in [0.25, 0.3) is 0 Å². The van der Waals surface area contributed by atoms with Crippen LogP contribution in [0, 0.1) is 0 Å². The summed E-state index contributed by atoms with van der Waals surface area (Å²) in [5.41, 5.74) is 2.45. The Morgan fingerprint density at radius 3 is 2.88 bits per heavy atom. The quantitative estimate of drug-likeness (QED) is 0.593. The molecule has 25 heavy (non-hydrogen) atoms. The molecule has 0 radical (unpaired) electrons. The first kappa shape index (κ1) is 17.7. The molecule has 7 nitrogen and oxygen atoms in total. The first-order valence-corrected chi connectivity index (χ1v) is 10.4. The molecule has 1 unspecified atom stereocenters. The second-order valence-corrected chi connectivity index (χ2v) is 8.65. The van der Waals surface area contributed by atoms with E-state index in [4.69, 9.17) is 0 Å². The molecule has 0 saturated carbocycles. The van der Waals surface area contributed by atoms with Crippen molar-refractivity contribution >= 4 is 27.4 Å². The van der Waals surface area contributed by atoms with Gasteiger partial charge in [0.15, 0.2) is 15.8 Å². The summed E-state index contributed by atoms with van der Waals surface area (Å²) in [5.74, 6) is 0.836. The minimum Gasteiger partial charge on any atom is -0.355 e. The third-order valence-electron chi connectivity index (χ3n) is 4.59. The number of nitrogens with zero attached hydrogens (tertiary/aromatic N) is 2. The van der Waals surface area contributed by atoms with Crippen molar-refractivity contribution in [2.45, 2.75) is 25.3 Å². The Labute approximate surface area is 148 Å². The smallest absolute Gasteiger partial charge is 0.222 e. The van der Waals surface area contributed by atoms with Gasteiger partial charge in [-0.3, -0.25) is 9.79 Å². The van der Waals surface area contributed by atoms with Gasteiger partial charge in [0.1, 0.15) is 0 Å². The van der Waals surface area contributed by atoms with Crippen LogP contribution in [0.4, 0.5) is 5.69 Å². The molecule has 8 heteroatoms. The Morgan fingerprint density at radius 1 is 1.36 bits per heavy atom. The van der Waals surface area contributed by atoms with Crippen LogP contribution in [0.25, 0.3) is 0 Å². The Balaban J connectivity index is 1.47. The molecule has 1 saturated heterocycles. The minimum absolute atomic E-state index is 0.0540. The summed E-state index contributed by atoms with van der Waals surface area (Å²) >= 11 is 0. The highest BCUT2D eigenvalue weighted by atomic mass is 32.2. The molecule has 2 N–H and O–H groups in total. The van der Waals surface area contributed by atoms with Crippen molar-refractivity contribution in [1.29, 1.82) is 0 Å². The monoisotopic (exact) mass is 364 g/mol. The molecule has 0 bridgehead atoms. The molecule has 0 aromatic heterocycles. The third-order valence-corrected chi connectivity index (χ3v) is 6.36. The molecule has 0 aliphatic carbocycles. The van der Waals surface area contributed by atoms with E-state index in [1.807, 2.05) is 12.1 Å². The van der Waals surface area contributed by atoms with Crippen molar-refractivity contribution in [3.63, 3.8) is 0 Å². The van der Waals surface area contributed by atoms with Crippen molar-refractivity contribution < 1.29 is 13.2 Å². The number of anilines is 1. The van der Waals surface area contributed by atoms with E-state index >= 15 is 0 Å². The van der Waals surface area contributed by atoms with E-state index in [1.54, 1.807) is 7.05 Å². The second kappa shape index (κ2) is 7.43. The van der Waals surface area contributed by atoms with Crippen molar-refractivity contribution in [2.75, 3.05) is 36.5 Å². The van der Waals surface area contributed by atoms with Crippen LogP contribution in [0.1, 0.15) is 18.4 Å². The number of para-hydroxylation sites is 1. The number of guanidine groups is 1. The van der Waals surface area contributed by atoms with Gasteiger partial charge < -0.3 is 15.5 Å². The SMILES string of the molecule is CN=C(NCCC(=O)NC1CCS(=O)(=O)C1)N1CCc2ccccc21. The lowest BCUT2D eigenvalue weighted by atomic mass is 10.2. The lowest BCUT2D eigenvalue weighted by Gasteiger charge is -2.22. The Bertz CT molecular complexity index is 776. The van der Waals surface area contributed by atoms with E-state index in [0.717, 1.165) is 24.6 Å². The number of aliphatic imine (C=N–C) groups is 1. The Kier molecular flexibility index (Phi) is 5.27. The first-order valence-electron chi connectivity index (χ1n) is 8.54. The van der Waals surface area contributed by atoms with Gasteiger partial charge in [-0.25, -0.2) is 8.42 Å². The zero-order valence-electron chi connectivity index (χ0n) is 14.4. The van der Waals surface area contributed by atoms with Crippen molar-refractivity contribution in [3.05, 3.63) is 29.8 Å². The number of carbonyl (C=O) groups is 1. The number of hydrogen-bond donors (Lipinski definition) is 2. The largest absolute Gasteiger partial charge is 0.355 e. The Hall–Kier alpha value is -2.09. The highest BCUT2D eigenvalue weighted by Gasteiger charge is 2.28. The predicted molar refractivity (Wildman–Crippen MR) is 98.7 cm³/mol. The maximum Gasteiger partial charge on any atom is 0.222 e. The number of rotatable bonds is 4. The van der Waals surface area contributed by atoms with Crippen molar-refractivity contribution in [1.82, 2.24) is 10.6 Å². The maximum absolute atomic E-state index is 12.0. The van der Waals surface area contributed by atoms with Crippen LogP contribution in [0.2, 0.25) is 0 Å². The van der Waals surface area contributed by atoms with Gasteiger partial charge in [0.05, 0.1) is 11.5 Å². The molecule has 1 atom stereocenters. The van der Waals surface area contributed by atoms with Crippen LogP contribution in [-0.2, 0) is 21.1 Å². The predicted octanol–water partition coefficient (Wildman–Crippen LogP) is 0.318. The number of carbonyl (C=O) groups excluding carboxylic acids is 1. The van der Waals surface area contributed by atoms with Gasteiger partial charge in [0.2, 0.25) is 5.91 Å². The van der Waals surface area contributed by atoms with E-state index in [1.165, 1.54) is 5.56 Å². The van der Waals surface area contributed by atoms with Crippen LogP contribution in [0.15, 0.2) is 29.3 Å². The lowest BCUT2D eigenvalue weighted by molar-refractivity contribution is -0.121. The molecular formula is C17H24N4O3S. The fourth-order valence-electron chi connectivity index (χ4n) is 3.35. The summed E-state index contributed by atoms with van der Waals surface area (Å²) in [5, 5.41) is 6.02. The summed E-state index contributed by atoms with van der Waals surface area (Å²) in [4.78, 5) is 18.4. The standard InChI is InChI=1S/C17H24N4O3S/c1-18-17(21-10-7-13-4-2-3-5-15(13)21)19-9-6-16(22)20-14-8-11-25(23,24)12-14/h2-5,14H,6-12H2,1H3,(H,18,19)(H,20,22). The molecule has 1 aromatic carbocycles. The molecule has 0 spiro atoms. The third kappa shape index (κ3) is 4.31. The van der Waals surface area contributed by atoms with Crippen molar-refractivity contribution in [3.8, 4) is 0 Å². The van der Waals surface area contributed by atoms with Gasteiger partial charge in [-0.2, -0.15) is 0 Å². The fraction of sp³-hybridized carbons (Fsp3) is 0.529. The van der Waals surface area contributed by atoms with E-state index in [9.17, 15) is 13.2 Å². The maximum atomic E-state index is 12.0. The van der Waals surface area contributed by atoms with Gasteiger partial charge in [0, 0.05) is 38.3 Å². The fourth-order valence-corrected chi connectivity index (χ4v) is 5.02. The van der Waals surface area contributed by atoms with Crippen LogP contribution in [0.5, 0.6) is 0 Å². The topological polar surface area (TPSA) is 90.9 Å². The average molecular weight is 364 g/mol. The first-order chi connectivity index (χ1) is 12.0. The van der Waals surface area contributed by atoms with Gasteiger partial charge >= 0.3 is 0 Å². The molecule has 2 aliphatic heterocycles. The van der Waals surface area contributed by atoms with Gasteiger partial charge in [-0.05, 0) is 24.5 Å². The summed E-state index contributed by atoms with van der Waals surface area (Å²) in [6, 6.07) is 7.98. The van der Waals surface area contributed by atoms with Crippen LogP contribution >= 0.6 is 0 Å². The number of nitrogens with one attached hydrogen (secondary N) is 2. The number of benzene rings is 1. The molecule has 2 aliphatic rings. The van der Waals surface area contributed by atoms with Gasteiger partial charge in [-0.15, -0.1) is 0 Å². The highest BCUT2D eigenvalue weighted by Crippen LogP contribution is 2.27. The highest BCUT2D eigenvalue weighted by molar-refractivity contribution is 7.91. The summed E-state index contributed by atoms with van der Waals surface area (Å²) in [6.07, 6.45) is 1.77. The van der Waals surface area contributed by atoms with E-state index < -0.39 is 9.84 Å². The van der Waals surface area contributed by atoms with E-state index in [2.05, 4.69) is 32.7 Å². The zero-order chi connectivity index (χ0) is 17.9. The second-order valence-electron chi connectivity index (χ2n) is 6.42. The minimum atomic E-state index is -2.97. The van der Waals surface area contributed by atoms with Gasteiger partial charge in [-0.1, -0.05) is 18.2 Å². The Morgan fingerprint density at radius 2 is 2.16 bits per heavy atom. The summed E-state index contributed by atoms with van der Waals surface area (Å²) in [7, 11) is -1.25. The molecule has 1 amide bonds. The molecule has 3 rings (SSSR count). The summed E-state index contributed by atoms with van der Waals surface area (Å²) in [6.45, 7) is 1.32. The summed E-state index contributed by atoms with van der Waals surface area (Å²) < 4.78 is 22.9. The van der Waals surface area contributed by atoms with E-state index in [0.29, 0.717) is 13.0 Å². The number of fused-ring (bicyclic) bond motifs is 1. The zero-order valence-corrected chi connectivity index (χ0v) is 15.2. The van der Waals surface area contributed by atoms with Crippen LogP contribution in [-0.4, -0.2) is 58.0 Å². The molecule has 136 valence electrons. The number of amides is 1. The van der Waals surface area contributed by atoms with Crippen LogP contribution in [0.3, 0.4) is 0 Å². The van der Waals surface area contributed by atoms with Crippen LogP contribution < -0.4 is 15.5 Å². The molecule has 2 heterocycles. The number of hydrogen-bond acceptors (Lipinski definition) is 4. The van der Waals surface area contributed by atoms with Crippen molar-refractivity contribution in [2.24, 2.45) is 4.99 Å². The average Bonchev–Trinajstić information content (AvgIpc) is 3.15. The number of sulfone groups is 1. The normalized spacial score (nSPS) is 21.9. The lowest BCUT2D eigenvalue weighted by Crippen LogP contribution is -2.43. The molecule has 1 fully saturated rings.